The van der Waals surface area contributed by atoms with Crippen LogP contribution in [0.15, 0.2) is 48.5 Å². The highest BCUT2D eigenvalue weighted by atomic mass is 35.5. The first kappa shape index (κ1) is 18.8. The molecule has 0 aliphatic heterocycles. The summed E-state index contributed by atoms with van der Waals surface area (Å²) < 4.78 is 11.5. The van der Waals surface area contributed by atoms with Gasteiger partial charge in [0.2, 0.25) is 0 Å². The Morgan fingerprint density at radius 3 is 1.42 bits per heavy atom. The Hall–Kier alpha value is -1.98. The number of hydrogen-bond donors (Lipinski definition) is 2. The molecule has 0 spiro atoms. The van der Waals surface area contributed by atoms with E-state index < -0.39 is 0 Å². The summed E-state index contributed by atoms with van der Waals surface area (Å²) in [6.07, 6.45) is 0. The van der Waals surface area contributed by atoms with Gasteiger partial charge in [-0.2, -0.15) is 0 Å². The molecule has 0 amide bonds. The Bertz CT molecular complexity index is 905. The molecule has 3 aromatic rings. The molecule has 3 aromatic carbocycles. The molecule has 0 aliphatic rings. The first-order valence-electron chi connectivity index (χ1n) is 7.29. The average molecular weight is 430 g/mol. The summed E-state index contributed by atoms with van der Waals surface area (Å²) in [5.41, 5.74) is 12.3. The molecule has 26 heavy (non-hydrogen) atoms. The van der Waals surface area contributed by atoms with Gasteiger partial charge in [0, 0.05) is 17.2 Å². The van der Waals surface area contributed by atoms with E-state index >= 15 is 0 Å². The van der Waals surface area contributed by atoms with Crippen molar-refractivity contribution in [1.82, 2.24) is 0 Å². The van der Waals surface area contributed by atoms with E-state index in [1.54, 1.807) is 36.4 Å². The first-order chi connectivity index (χ1) is 12.4. The zero-order valence-corrected chi connectivity index (χ0v) is 16.1. The van der Waals surface area contributed by atoms with Crippen LogP contribution in [0.2, 0.25) is 20.1 Å². The van der Waals surface area contributed by atoms with Crippen LogP contribution in [-0.2, 0) is 0 Å². The summed E-state index contributed by atoms with van der Waals surface area (Å²) in [4.78, 5) is 0. The quantitative estimate of drug-likeness (QED) is 0.436. The van der Waals surface area contributed by atoms with Gasteiger partial charge >= 0.3 is 0 Å². The topological polar surface area (TPSA) is 70.5 Å². The SMILES string of the molecule is Nc1cccc(Oc2cc(Cl)cc(Oc3cccc(N)c3Cl)c2Cl)c1Cl. The molecule has 0 radical (unpaired) electrons. The van der Waals surface area contributed by atoms with E-state index in [1.165, 1.54) is 12.1 Å². The van der Waals surface area contributed by atoms with Crippen LogP contribution in [0, 0.1) is 0 Å². The normalized spacial score (nSPS) is 10.6. The highest BCUT2D eigenvalue weighted by molar-refractivity contribution is 6.36. The fraction of sp³-hybridized carbons (Fsp3) is 0. The first-order valence-corrected chi connectivity index (χ1v) is 8.80. The summed E-state index contributed by atoms with van der Waals surface area (Å²) in [5, 5.41) is 1.07. The summed E-state index contributed by atoms with van der Waals surface area (Å²) in [6.45, 7) is 0. The molecule has 0 bridgehead atoms. The Morgan fingerprint density at radius 2 is 1.00 bits per heavy atom. The van der Waals surface area contributed by atoms with Crippen LogP contribution >= 0.6 is 46.4 Å². The third kappa shape index (κ3) is 3.89. The standard InChI is InChI=1S/C18H12Cl4N2O2/c19-9-7-14(25-12-5-1-3-10(23)16(12)20)18(22)15(8-9)26-13-6-2-4-11(24)17(13)21/h1-8H,23-24H2. The second-order valence-corrected chi connectivity index (χ2v) is 6.81. The van der Waals surface area contributed by atoms with Gasteiger partial charge < -0.3 is 20.9 Å². The summed E-state index contributed by atoms with van der Waals surface area (Å²) in [5.74, 6) is 1.18. The van der Waals surface area contributed by atoms with Gasteiger partial charge in [0.1, 0.15) is 26.6 Å². The second kappa shape index (κ2) is 7.72. The molecule has 4 N–H and O–H groups in total. The van der Waals surface area contributed by atoms with Crippen molar-refractivity contribution < 1.29 is 9.47 Å². The lowest BCUT2D eigenvalue weighted by atomic mass is 10.2. The average Bonchev–Trinajstić information content (AvgIpc) is 2.60. The minimum absolute atomic E-state index is 0.186. The molecular weight excluding hydrogens is 418 g/mol. The third-order valence-corrected chi connectivity index (χ3v) is 4.80. The number of halogens is 4. The molecule has 0 aliphatic carbocycles. The molecule has 4 nitrogen and oxygen atoms in total. The van der Waals surface area contributed by atoms with Crippen LogP contribution in [0.1, 0.15) is 0 Å². The smallest absolute Gasteiger partial charge is 0.151 e. The van der Waals surface area contributed by atoms with E-state index in [-0.39, 0.29) is 26.6 Å². The van der Waals surface area contributed by atoms with E-state index in [0.717, 1.165) is 0 Å². The largest absolute Gasteiger partial charge is 0.454 e. The maximum absolute atomic E-state index is 6.41. The fourth-order valence-electron chi connectivity index (χ4n) is 2.14. The van der Waals surface area contributed by atoms with Gasteiger partial charge in [-0.3, -0.25) is 0 Å². The van der Waals surface area contributed by atoms with Gasteiger partial charge in [0.15, 0.2) is 11.5 Å². The van der Waals surface area contributed by atoms with E-state index in [2.05, 4.69) is 0 Å². The van der Waals surface area contributed by atoms with E-state index in [4.69, 9.17) is 67.3 Å². The zero-order valence-electron chi connectivity index (χ0n) is 13.1. The van der Waals surface area contributed by atoms with Crippen molar-refractivity contribution in [2.75, 3.05) is 11.5 Å². The van der Waals surface area contributed by atoms with Gasteiger partial charge in [-0.15, -0.1) is 0 Å². The molecule has 8 heteroatoms. The highest BCUT2D eigenvalue weighted by Crippen LogP contribution is 2.44. The van der Waals surface area contributed by atoms with Crippen molar-refractivity contribution in [3.63, 3.8) is 0 Å². The Balaban J connectivity index is 1.98. The van der Waals surface area contributed by atoms with Gasteiger partial charge in [-0.25, -0.2) is 0 Å². The minimum atomic E-state index is 0.186. The lowest BCUT2D eigenvalue weighted by Crippen LogP contribution is -1.94. The fourth-order valence-corrected chi connectivity index (χ4v) is 2.85. The lowest BCUT2D eigenvalue weighted by Gasteiger charge is -2.15. The summed E-state index contributed by atoms with van der Waals surface area (Å²) >= 11 is 24.9. The second-order valence-electron chi connectivity index (χ2n) is 5.24. The van der Waals surface area contributed by atoms with Crippen LogP contribution in [-0.4, -0.2) is 0 Å². The summed E-state index contributed by atoms with van der Waals surface area (Å²) in [6, 6.07) is 13.1. The van der Waals surface area contributed by atoms with Crippen LogP contribution in [0.4, 0.5) is 11.4 Å². The molecule has 3 rings (SSSR count). The van der Waals surface area contributed by atoms with Crippen molar-refractivity contribution in [2.45, 2.75) is 0 Å². The van der Waals surface area contributed by atoms with Crippen molar-refractivity contribution in [2.24, 2.45) is 0 Å². The molecule has 0 saturated heterocycles. The van der Waals surface area contributed by atoms with Crippen LogP contribution < -0.4 is 20.9 Å². The lowest BCUT2D eigenvalue weighted by molar-refractivity contribution is 0.461. The number of nitrogen functional groups attached to an aromatic ring is 2. The van der Waals surface area contributed by atoms with Crippen molar-refractivity contribution in [3.05, 3.63) is 68.6 Å². The van der Waals surface area contributed by atoms with Gasteiger partial charge in [-0.1, -0.05) is 58.5 Å². The zero-order chi connectivity index (χ0) is 18.8. The molecule has 134 valence electrons. The van der Waals surface area contributed by atoms with E-state index in [9.17, 15) is 0 Å². The highest BCUT2D eigenvalue weighted by Gasteiger charge is 2.16. The molecule has 0 fully saturated rings. The van der Waals surface area contributed by atoms with E-state index in [1.807, 2.05) is 0 Å². The third-order valence-electron chi connectivity index (χ3n) is 3.40. The van der Waals surface area contributed by atoms with Crippen molar-refractivity contribution in [3.8, 4) is 23.0 Å². The number of nitrogens with two attached hydrogens (primary N) is 2. The predicted molar refractivity (Wildman–Crippen MR) is 108 cm³/mol. The van der Waals surface area contributed by atoms with Crippen molar-refractivity contribution >= 4 is 57.8 Å². The van der Waals surface area contributed by atoms with Gasteiger partial charge in [0.05, 0.1) is 11.4 Å². The van der Waals surface area contributed by atoms with Gasteiger partial charge in [-0.05, 0) is 24.3 Å². The van der Waals surface area contributed by atoms with Crippen molar-refractivity contribution in [1.29, 1.82) is 0 Å². The maximum Gasteiger partial charge on any atom is 0.151 e. The predicted octanol–water partition coefficient (Wildman–Crippen LogP) is 7.05. The minimum Gasteiger partial charge on any atom is -0.454 e. The van der Waals surface area contributed by atoms with Crippen LogP contribution in [0.5, 0.6) is 23.0 Å². The molecule has 0 saturated carbocycles. The number of benzene rings is 3. The summed E-state index contributed by atoms with van der Waals surface area (Å²) in [7, 11) is 0. The van der Waals surface area contributed by atoms with Gasteiger partial charge in [0.25, 0.3) is 0 Å². The monoisotopic (exact) mass is 428 g/mol. The van der Waals surface area contributed by atoms with Crippen LogP contribution in [0.3, 0.4) is 0 Å². The van der Waals surface area contributed by atoms with Crippen LogP contribution in [0.25, 0.3) is 0 Å². The number of rotatable bonds is 4. The number of hydrogen-bond acceptors (Lipinski definition) is 4. The molecule has 0 aromatic heterocycles. The molecule has 0 atom stereocenters. The molecule has 0 heterocycles. The Morgan fingerprint density at radius 1 is 0.577 bits per heavy atom. The van der Waals surface area contributed by atoms with E-state index in [0.29, 0.717) is 27.9 Å². The Kier molecular flexibility index (Phi) is 5.58. The molecule has 0 unspecified atom stereocenters. The Labute approximate surface area is 170 Å². The number of ether oxygens (including phenoxy) is 2. The molecular formula is C18H12Cl4N2O2. The number of anilines is 2. The maximum atomic E-state index is 6.41.